The standard InChI is InChI=1S/C14H19BrClN/c1-17(14-9-5-4-8-13(14)16)10-11-6-2-3-7-12(11)15/h2-3,6-7,13-14H,4-5,8-10H2,1H3. The van der Waals surface area contributed by atoms with Crippen molar-refractivity contribution in [2.75, 3.05) is 7.05 Å². The first-order valence-corrected chi connectivity index (χ1v) is 7.49. The Labute approximate surface area is 117 Å². The number of halogens is 2. The maximum Gasteiger partial charge on any atom is 0.0491 e. The first-order chi connectivity index (χ1) is 8.18. The Morgan fingerprint density at radius 2 is 2.00 bits per heavy atom. The Kier molecular flexibility index (Phi) is 4.89. The van der Waals surface area contributed by atoms with Gasteiger partial charge in [-0.3, -0.25) is 4.90 Å². The molecule has 1 saturated carbocycles. The molecule has 1 nitrogen and oxygen atoms in total. The number of nitrogens with zero attached hydrogens (tertiary/aromatic N) is 1. The monoisotopic (exact) mass is 315 g/mol. The van der Waals surface area contributed by atoms with E-state index in [1.165, 1.54) is 29.3 Å². The van der Waals surface area contributed by atoms with E-state index in [2.05, 4.69) is 52.1 Å². The average molecular weight is 317 g/mol. The summed E-state index contributed by atoms with van der Waals surface area (Å²) < 4.78 is 1.19. The van der Waals surface area contributed by atoms with Crippen LogP contribution in [0.2, 0.25) is 0 Å². The van der Waals surface area contributed by atoms with Gasteiger partial charge in [0, 0.05) is 22.4 Å². The molecule has 0 saturated heterocycles. The van der Waals surface area contributed by atoms with Crippen LogP contribution in [0.1, 0.15) is 31.2 Å². The van der Waals surface area contributed by atoms with E-state index in [0.29, 0.717) is 11.4 Å². The van der Waals surface area contributed by atoms with Crippen molar-refractivity contribution < 1.29 is 0 Å². The van der Waals surface area contributed by atoms with Crippen LogP contribution in [0.25, 0.3) is 0 Å². The van der Waals surface area contributed by atoms with Gasteiger partial charge in [0.2, 0.25) is 0 Å². The first-order valence-electron chi connectivity index (χ1n) is 6.26. The second kappa shape index (κ2) is 6.21. The number of alkyl halides is 1. The van der Waals surface area contributed by atoms with Gasteiger partial charge < -0.3 is 0 Å². The van der Waals surface area contributed by atoms with Crippen molar-refractivity contribution in [3.63, 3.8) is 0 Å². The second-order valence-electron chi connectivity index (χ2n) is 4.87. The molecule has 94 valence electrons. The van der Waals surface area contributed by atoms with Crippen LogP contribution in [0.4, 0.5) is 0 Å². The van der Waals surface area contributed by atoms with Crippen LogP contribution in [0.5, 0.6) is 0 Å². The minimum Gasteiger partial charge on any atom is -0.298 e. The van der Waals surface area contributed by atoms with Crippen LogP contribution in [-0.4, -0.2) is 23.4 Å². The molecule has 2 atom stereocenters. The van der Waals surface area contributed by atoms with Gasteiger partial charge in [0.15, 0.2) is 0 Å². The molecule has 0 aromatic heterocycles. The lowest BCUT2D eigenvalue weighted by Crippen LogP contribution is -2.40. The van der Waals surface area contributed by atoms with E-state index in [1.807, 2.05) is 0 Å². The minimum atomic E-state index is 0.316. The van der Waals surface area contributed by atoms with Crippen LogP contribution < -0.4 is 0 Å². The van der Waals surface area contributed by atoms with E-state index >= 15 is 0 Å². The molecular formula is C14H19BrClN. The van der Waals surface area contributed by atoms with E-state index in [-0.39, 0.29) is 0 Å². The molecule has 0 spiro atoms. The van der Waals surface area contributed by atoms with Crippen molar-refractivity contribution in [2.45, 2.75) is 43.6 Å². The lowest BCUT2D eigenvalue weighted by atomic mass is 9.93. The summed E-state index contributed by atoms with van der Waals surface area (Å²) in [5.74, 6) is 0. The summed E-state index contributed by atoms with van der Waals surface area (Å²) in [5.41, 5.74) is 1.34. The summed E-state index contributed by atoms with van der Waals surface area (Å²) in [6.07, 6.45) is 4.99. The third-order valence-electron chi connectivity index (χ3n) is 3.59. The largest absolute Gasteiger partial charge is 0.298 e. The summed E-state index contributed by atoms with van der Waals surface area (Å²) in [5, 5.41) is 0.316. The zero-order valence-electron chi connectivity index (χ0n) is 10.2. The zero-order chi connectivity index (χ0) is 12.3. The Hall–Kier alpha value is -0.0500. The Morgan fingerprint density at radius 1 is 1.29 bits per heavy atom. The van der Waals surface area contributed by atoms with Crippen molar-refractivity contribution in [2.24, 2.45) is 0 Å². The van der Waals surface area contributed by atoms with Crippen molar-refractivity contribution in [3.05, 3.63) is 34.3 Å². The summed E-state index contributed by atoms with van der Waals surface area (Å²) in [6, 6.07) is 8.94. The van der Waals surface area contributed by atoms with Crippen molar-refractivity contribution in [1.82, 2.24) is 4.90 Å². The lowest BCUT2D eigenvalue weighted by molar-refractivity contribution is 0.188. The molecule has 2 rings (SSSR count). The molecule has 0 bridgehead atoms. The zero-order valence-corrected chi connectivity index (χ0v) is 12.5. The molecule has 0 aliphatic heterocycles. The van der Waals surface area contributed by atoms with Crippen molar-refractivity contribution in [3.8, 4) is 0 Å². The fourth-order valence-corrected chi connectivity index (χ4v) is 3.46. The highest BCUT2D eigenvalue weighted by Crippen LogP contribution is 2.28. The van der Waals surface area contributed by atoms with Gasteiger partial charge in [-0.2, -0.15) is 0 Å². The molecule has 0 amide bonds. The van der Waals surface area contributed by atoms with Gasteiger partial charge in [-0.15, -0.1) is 11.6 Å². The van der Waals surface area contributed by atoms with E-state index in [1.54, 1.807) is 0 Å². The van der Waals surface area contributed by atoms with Gasteiger partial charge in [-0.25, -0.2) is 0 Å². The molecule has 1 aromatic carbocycles. The molecular weight excluding hydrogens is 298 g/mol. The molecule has 0 N–H and O–H groups in total. The fraction of sp³-hybridized carbons (Fsp3) is 0.571. The summed E-state index contributed by atoms with van der Waals surface area (Å²) in [4.78, 5) is 2.40. The first kappa shape index (κ1) is 13.4. The minimum absolute atomic E-state index is 0.316. The van der Waals surface area contributed by atoms with Crippen LogP contribution >= 0.6 is 27.5 Å². The number of benzene rings is 1. The summed E-state index contributed by atoms with van der Waals surface area (Å²) in [7, 11) is 2.19. The Balaban J connectivity index is 2.01. The highest BCUT2D eigenvalue weighted by molar-refractivity contribution is 9.10. The smallest absolute Gasteiger partial charge is 0.0491 e. The normalized spacial score (nSPS) is 25.2. The molecule has 0 heterocycles. The topological polar surface area (TPSA) is 3.24 Å². The van der Waals surface area contributed by atoms with Gasteiger partial charge in [0.05, 0.1) is 0 Å². The molecule has 1 aromatic rings. The van der Waals surface area contributed by atoms with Crippen molar-refractivity contribution in [1.29, 1.82) is 0 Å². The van der Waals surface area contributed by atoms with Crippen LogP contribution in [0.3, 0.4) is 0 Å². The van der Waals surface area contributed by atoms with E-state index in [9.17, 15) is 0 Å². The highest BCUT2D eigenvalue weighted by Gasteiger charge is 2.26. The summed E-state index contributed by atoms with van der Waals surface area (Å²) in [6.45, 7) is 0.968. The van der Waals surface area contributed by atoms with Crippen LogP contribution in [-0.2, 0) is 6.54 Å². The highest BCUT2D eigenvalue weighted by atomic mass is 79.9. The van der Waals surface area contributed by atoms with Gasteiger partial charge in [0.1, 0.15) is 0 Å². The predicted molar refractivity (Wildman–Crippen MR) is 77.5 cm³/mol. The SMILES string of the molecule is CN(Cc1ccccc1Br)C1CCCCC1Cl. The van der Waals surface area contributed by atoms with Gasteiger partial charge in [-0.05, 0) is 31.5 Å². The Morgan fingerprint density at radius 3 is 2.71 bits per heavy atom. The van der Waals surface area contributed by atoms with Crippen LogP contribution in [0, 0.1) is 0 Å². The number of rotatable bonds is 3. The third-order valence-corrected chi connectivity index (χ3v) is 4.87. The molecule has 2 unspecified atom stereocenters. The Bertz CT molecular complexity index is 369. The maximum atomic E-state index is 6.43. The number of hydrogen-bond donors (Lipinski definition) is 0. The predicted octanol–water partition coefficient (Wildman–Crippen LogP) is 4.43. The molecule has 3 heteroatoms. The summed E-state index contributed by atoms with van der Waals surface area (Å²) >= 11 is 10.0. The molecule has 1 fully saturated rings. The van der Waals surface area contributed by atoms with E-state index in [0.717, 1.165) is 13.0 Å². The quantitative estimate of drug-likeness (QED) is 0.746. The third kappa shape index (κ3) is 3.46. The fourth-order valence-electron chi connectivity index (χ4n) is 2.58. The van der Waals surface area contributed by atoms with Gasteiger partial charge >= 0.3 is 0 Å². The maximum absolute atomic E-state index is 6.43. The number of hydrogen-bond acceptors (Lipinski definition) is 1. The lowest BCUT2D eigenvalue weighted by Gasteiger charge is -2.35. The molecule has 0 radical (unpaired) electrons. The van der Waals surface area contributed by atoms with Crippen LogP contribution in [0.15, 0.2) is 28.7 Å². The van der Waals surface area contributed by atoms with E-state index in [4.69, 9.17) is 11.6 Å². The second-order valence-corrected chi connectivity index (χ2v) is 6.29. The van der Waals surface area contributed by atoms with Gasteiger partial charge in [-0.1, -0.05) is 47.0 Å². The van der Waals surface area contributed by atoms with Crippen molar-refractivity contribution >= 4 is 27.5 Å². The molecule has 1 aliphatic rings. The van der Waals surface area contributed by atoms with Gasteiger partial charge in [0.25, 0.3) is 0 Å². The average Bonchev–Trinajstić information content (AvgIpc) is 2.32. The molecule has 1 aliphatic carbocycles. The molecule has 17 heavy (non-hydrogen) atoms. The van der Waals surface area contributed by atoms with E-state index < -0.39 is 0 Å².